The molecule has 3 N–H and O–H groups in total. The molecule has 1 fully saturated rings. The first-order chi connectivity index (χ1) is 16.4. The third-order valence-corrected chi connectivity index (χ3v) is 6.49. The Bertz CT molecular complexity index is 1100. The number of piperidine rings is 1. The Morgan fingerprint density at radius 1 is 1.18 bits per heavy atom. The Hall–Kier alpha value is -3.01. The molecule has 1 amide bonds. The number of hydrogen-bond donors (Lipinski definition) is 3. The number of amides is 1. The smallest absolute Gasteiger partial charge is 0.269 e. The number of anilines is 1. The minimum Gasteiger partial charge on any atom is -0.493 e. The summed E-state index contributed by atoms with van der Waals surface area (Å²) in [5, 5.41) is 7.43. The summed E-state index contributed by atoms with van der Waals surface area (Å²) in [5.41, 5.74) is 4.44. The summed E-state index contributed by atoms with van der Waals surface area (Å²) >= 11 is 11.6. The predicted octanol–water partition coefficient (Wildman–Crippen LogP) is 3.62. The van der Waals surface area contributed by atoms with Gasteiger partial charge in [-0.15, -0.1) is 0 Å². The molecular weight excluding hydrogens is 476 g/mol. The van der Waals surface area contributed by atoms with Gasteiger partial charge in [-0.1, -0.05) is 23.7 Å². The Kier molecular flexibility index (Phi) is 7.45. The molecule has 0 radical (unpaired) electrons. The number of likely N-dealkylation sites (tertiary alicyclic amines) is 1. The molecule has 2 aromatic carbocycles. The molecule has 0 aliphatic carbocycles. The number of ether oxygens (including phenoxy) is 2. The molecule has 0 aromatic heterocycles. The minimum atomic E-state index is -0.530. The van der Waals surface area contributed by atoms with Crippen LogP contribution in [0.2, 0.25) is 5.02 Å². The first-order valence-corrected chi connectivity index (χ1v) is 11.7. The molecule has 2 aromatic rings. The molecular formula is C24H27ClN4O4S. The van der Waals surface area contributed by atoms with Crippen LogP contribution in [0.5, 0.6) is 11.5 Å². The van der Waals surface area contributed by atoms with Gasteiger partial charge < -0.3 is 25.0 Å². The zero-order valence-corrected chi connectivity index (χ0v) is 20.6. The Morgan fingerprint density at radius 3 is 2.65 bits per heavy atom. The number of rotatable bonds is 6. The Morgan fingerprint density at radius 2 is 1.94 bits per heavy atom. The van der Waals surface area contributed by atoms with Gasteiger partial charge in [-0.25, -0.2) is 0 Å². The molecule has 0 unspecified atom stereocenters. The molecule has 1 saturated heterocycles. The summed E-state index contributed by atoms with van der Waals surface area (Å²) in [7, 11) is 3.16. The van der Waals surface area contributed by atoms with Crippen LogP contribution < -0.4 is 25.6 Å². The van der Waals surface area contributed by atoms with Gasteiger partial charge in [-0.2, -0.15) is 0 Å². The van der Waals surface area contributed by atoms with E-state index in [9.17, 15) is 4.79 Å². The maximum absolute atomic E-state index is 12.7. The van der Waals surface area contributed by atoms with Crippen LogP contribution in [-0.2, 0) is 16.2 Å². The second kappa shape index (κ2) is 10.5. The lowest BCUT2D eigenvalue weighted by Crippen LogP contribution is -2.48. The van der Waals surface area contributed by atoms with Crippen LogP contribution in [0.3, 0.4) is 0 Å². The van der Waals surface area contributed by atoms with Crippen LogP contribution in [0.25, 0.3) is 0 Å². The lowest BCUT2D eigenvalue weighted by atomic mass is 9.91. The Balaban J connectivity index is 1.30. The van der Waals surface area contributed by atoms with Crippen molar-refractivity contribution in [3.8, 4) is 11.5 Å². The van der Waals surface area contributed by atoms with Crippen LogP contribution in [-0.4, -0.2) is 48.8 Å². The SMILES string of the molecule is COc1ccc(CNC(=O)C2=CC3(CCN(C(=S)Nc4cccc(Cl)c4)CC3)ON2)cc1OC. The lowest BCUT2D eigenvalue weighted by Gasteiger charge is -2.37. The van der Waals surface area contributed by atoms with Gasteiger partial charge in [0.2, 0.25) is 0 Å². The first-order valence-electron chi connectivity index (χ1n) is 10.9. The molecule has 8 nitrogen and oxygen atoms in total. The molecule has 2 aliphatic rings. The van der Waals surface area contributed by atoms with Gasteiger partial charge in [0.05, 0.1) is 14.2 Å². The van der Waals surface area contributed by atoms with Gasteiger partial charge in [-0.3, -0.25) is 15.1 Å². The van der Waals surface area contributed by atoms with Crippen molar-refractivity contribution >= 4 is 40.5 Å². The highest BCUT2D eigenvalue weighted by atomic mass is 35.5. The Labute approximate surface area is 209 Å². The maximum Gasteiger partial charge on any atom is 0.269 e. The molecule has 34 heavy (non-hydrogen) atoms. The number of nitrogens with zero attached hydrogens (tertiary/aromatic N) is 1. The second-order valence-electron chi connectivity index (χ2n) is 8.13. The van der Waals surface area contributed by atoms with Gasteiger partial charge in [-0.05, 0) is 54.2 Å². The number of benzene rings is 2. The number of carbonyl (C=O) groups excluding carboxylic acids is 1. The molecule has 4 rings (SSSR count). The van der Waals surface area contributed by atoms with Crippen LogP contribution in [0.4, 0.5) is 5.69 Å². The van der Waals surface area contributed by atoms with Crippen molar-refractivity contribution in [2.45, 2.75) is 25.0 Å². The van der Waals surface area contributed by atoms with Gasteiger partial charge in [0.15, 0.2) is 16.6 Å². The second-order valence-corrected chi connectivity index (χ2v) is 8.95. The molecule has 1 spiro atoms. The van der Waals surface area contributed by atoms with Crippen LogP contribution >= 0.6 is 23.8 Å². The van der Waals surface area contributed by atoms with Gasteiger partial charge in [0.25, 0.3) is 5.91 Å². The summed E-state index contributed by atoms with van der Waals surface area (Å²) in [6.45, 7) is 1.75. The quantitative estimate of drug-likeness (QED) is 0.517. The average molecular weight is 503 g/mol. The normalized spacial score (nSPS) is 16.4. The number of carbonyl (C=O) groups is 1. The van der Waals surface area contributed by atoms with E-state index in [1.165, 1.54) is 0 Å². The largest absolute Gasteiger partial charge is 0.493 e. The average Bonchev–Trinajstić information content (AvgIpc) is 3.26. The van der Waals surface area contributed by atoms with Crippen molar-refractivity contribution in [3.63, 3.8) is 0 Å². The highest BCUT2D eigenvalue weighted by Crippen LogP contribution is 2.32. The highest BCUT2D eigenvalue weighted by molar-refractivity contribution is 7.80. The van der Waals surface area contributed by atoms with Crippen LogP contribution in [0.1, 0.15) is 18.4 Å². The standard InChI is InChI=1S/C24H27ClN4O4S/c1-31-20-7-6-16(12-21(20)32-2)15-26-22(30)19-14-24(33-28-19)8-10-29(11-9-24)23(34)27-18-5-3-4-17(25)13-18/h3-7,12-14,28H,8-11,15H2,1-2H3,(H,26,30)(H,27,34). The lowest BCUT2D eigenvalue weighted by molar-refractivity contribution is -0.120. The topological polar surface area (TPSA) is 84.1 Å². The van der Waals surface area contributed by atoms with Crippen LogP contribution in [0.15, 0.2) is 54.2 Å². The zero-order valence-electron chi connectivity index (χ0n) is 19.0. The fourth-order valence-corrected chi connectivity index (χ4v) is 4.45. The number of thiocarbonyl (C=S) groups is 1. The summed E-state index contributed by atoms with van der Waals surface area (Å²) < 4.78 is 10.6. The number of nitrogens with one attached hydrogen (secondary N) is 3. The molecule has 0 bridgehead atoms. The van der Waals surface area contributed by atoms with E-state index in [0.717, 1.165) is 11.3 Å². The fourth-order valence-electron chi connectivity index (χ4n) is 3.96. The van der Waals surface area contributed by atoms with E-state index in [-0.39, 0.29) is 5.91 Å². The third-order valence-electron chi connectivity index (χ3n) is 5.89. The van der Waals surface area contributed by atoms with E-state index >= 15 is 0 Å². The van der Waals surface area contributed by atoms with Gasteiger partial charge >= 0.3 is 0 Å². The summed E-state index contributed by atoms with van der Waals surface area (Å²) in [6.07, 6.45) is 3.27. The van der Waals surface area contributed by atoms with Crippen molar-refractivity contribution in [2.24, 2.45) is 0 Å². The number of hydroxylamine groups is 1. The van der Waals surface area contributed by atoms with Crippen molar-refractivity contribution in [1.29, 1.82) is 0 Å². The number of halogens is 1. The fraction of sp³-hybridized carbons (Fsp3) is 0.333. The first kappa shape index (κ1) is 24.1. The van der Waals surface area contributed by atoms with Crippen molar-refractivity contribution in [1.82, 2.24) is 15.7 Å². The van der Waals surface area contributed by atoms with E-state index < -0.39 is 5.60 Å². The van der Waals surface area contributed by atoms with Crippen molar-refractivity contribution in [3.05, 3.63) is 64.8 Å². The van der Waals surface area contributed by atoms with E-state index in [0.29, 0.717) is 59.8 Å². The molecule has 2 aliphatic heterocycles. The number of hydrogen-bond acceptors (Lipinski definition) is 6. The third kappa shape index (κ3) is 5.55. The maximum atomic E-state index is 12.7. The monoisotopic (exact) mass is 502 g/mol. The number of methoxy groups -OCH3 is 2. The molecule has 2 heterocycles. The van der Waals surface area contributed by atoms with E-state index in [1.54, 1.807) is 14.2 Å². The van der Waals surface area contributed by atoms with E-state index in [1.807, 2.05) is 48.5 Å². The zero-order chi connectivity index (χ0) is 24.1. The predicted molar refractivity (Wildman–Crippen MR) is 135 cm³/mol. The van der Waals surface area contributed by atoms with Crippen molar-refractivity contribution in [2.75, 3.05) is 32.6 Å². The summed E-state index contributed by atoms with van der Waals surface area (Å²) in [4.78, 5) is 20.6. The molecule has 180 valence electrons. The highest BCUT2D eigenvalue weighted by Gasteiger charge is 2.40. The molecule has 10 heteroatoms. The summed E-state index contributed by atoms with van der Waals surface area (Å²) in [6, 6.07) is 13.0. The van der Waals surface area contributed by atoms with E-state index in [2.05, 4.69) is 21.0 Å². The van der Waals surface area contributed by atoms with Gasteiger partial charge in [0, 0.05) is 43.2 Å². The van der Waals surface area contributed by atoms with Gasteiger partial charge in [0.1, 0.15) is 11.3 Å². The molecule has 0 saturated carbocycles. The van der Waals surface area contributed by atoms with E-state index in [4.69, 9.17) is 38.1 Å². The van der Waals surface area contributed by atoms with Crippen molar-refractivity contribution < 1.29 is 19.1 Å². The minimum absolute atomic E-state index is 0.229. The molecule has 0 atom stereocenters. The van der Waals surface area contributed by atoms with Crippen LogP contribution in [0, 0.1) is 0 Å². The summed E-state index contributed by atoms with van der Waals surface area (Å²) in [5.74, 6) is 1.03.